The van der Waals surface area contributed by atoms with Gasteiger partial charge in [0.25, 0.3) is 5.91 Å². The molecule has 0 aliphatic carbocycles. The van der Waals surface area contributed by atoms with E-state index in [1.165, 1.54) is 12.8 Å². The molecule has 4 aromatic rings. The van der Waals surface area contributed by atoms with E-state index >= 15 is 0 Å². The lowest BCUT2D eigenvalue weighted by atomic mass is 9.97. The number of imidazole rings is 1. The number of nitrogens with zero attached hydrogens (tertiary/aromatic N) is 4. The Morgan fingerprint density at radius 3 is 2.74 bits per heavy atom. The van der Waals surface area contributed by atoms with Crippen LogP contribution in [0.5, 0.6) is 0 Å². The van der Waals surface area contributed by atoms with Gasteiger partial charge in [-0.25, -0.2) is 4.98 Å². The lowest BCUT2D eigenvalue weighted by Crippen LogP contribution is -2.32. The first-order valence-corrected chi connectivity index (χ1v) is 12.6. The van der Waals surface area contributed by atoms with Gasteiger partial charge in [0.2, 0.25) is 0 Å². The van der Waals surface area contributed by atoms with Gasteiger partial charge in [0.15, 0.2) is 5.78 Å². The largest absolute Gasteiger partial charge is 0.351 e. The number of aromatic nitrogens is 3. The van der Waals surface area contributed by atoms with Crippen LogP contribution < -0.4 is 5.32 Å². The number of Topliss-reactive ketones (excluding diaryl/α,β-unsaturated/α-hetero) is 1. The van der Waals surface area contributed by atoms with E-state index in [4.69, 9.17) is 4.98 Å². The minimum absolute atomic E-state index is 0.0470. The Hall–Kier alpha value is -3.45. The zero-order valence-electron chi connectivity index (χ0n) is 20.2. The predicted molar refractivity (Wildman–Crippen MR) is 137 cm³/mol. The summed E-state index contributed by atoms with van der Waals surface area (Å²) in [5.41, 5.74) is 4.33. The molecule has 0 unspecified atom stereocenters. The highest BCUT2D eigenvalue weighted by molar-refractivity contribution is 6.03. The van der Waals surface area contributed by atoms with E-state index in [0.717, 1.165) is 60.4 Å². The first-order valence-electron chi connectivity index (χ1n) is 12.6. The van der Waals surface area contributed by atoms with Gasteiger partial charge in [0.05, 0.1) is 17.5 Å². The molecule has 180 valence electrons. The molecule has 6 rings (SSSR count). The van der Waals surface area contributed by atoms with E-state index in [2.05, 4.69) is 27.9 Å². The number of para-hydroxylation sites is 2. The van der Waals surface area contributed by atoms with E-state index in [-0.39, 0.29) is 18.1 Å². The molecule has 1 N–H and O–H groups in total. The first kappa shape index (κ1) is 22.0. The number of carbonyl (C=O) groups excluding carboxylic acids is 2. The van der Waals surface area contributed by atoms with Gasteiger partial charge in [-0.15, -0.1) is 0 Å². The van der Waals surface area contributed by atoms with Gasteiger partial charge >= 0.3 is 0 Å². The van der Waals surface area contributed by atoms with Crippen LogP contribution in [0.3, 0.4) is 0 Å². The lowest BCUT2D eigenvalue weighted by Gasteiger charge is -2.29. The van der Waals surface area contributed by atoms with Crippen molar-refractivity contribution in [2.24, 2.45) is 5.92 Å². The molecule has 2 aliphatic heterocycles. The summed E-state index contributed by atoms with van der Waals surface area (Å²) in [6.45, 7) is 4.57. The third-order valence-electron chi connectivity index (χ3n) is 7.63. The maximum Gasteiger partial charge on any atom is 0.267 e. The number of carbonyl (C=O) groups is 2. The van der Waals surface area contributed by atoms with E-state index in [1.807, 2.05) is 47.0 Å². The van der Waals surface area contributed by atoms with Gasteiger partial charge in [-0.05, 0) is 69.6 Å². The molecule has 1 saturated heterocycles. The number of hydrogen-bond donors (Lipinski definition) is 1. The van der Waals surface area contributed by atoms with Gasteiger partial charge in [-0.3, -0.25) is 9.59 Å². The molecule has 35 heavy (non-hydrogen) atoms. The number of nitrogens with one attached hydrogen (secondary N) is 1. The van der Waals surface area contributed by atoms with Crippen molar-refractivity contribution < 1.29 is 9.59 Å². The topological polar surface area (TPSA) is 72.2 Å². The Morgan fingerprint density at radius 2 is 1.89 bits per heavy atom. The SMILES string of the molecule is CN1CCC(Cn2c(CC(=O)c3ccc4cc5n(c4c3)CCCNC5=O)nc3ccccc32)CC1. The maximum atomic E-state index is 13.5. The normalized spacial score (nSPS) is 17.5. The lowest BCUT2D eigenvalue weighted by molar-refractivity contribution is 0.0950. The van der Waals surface area contributed by atoms with Crippen molar-refractivity contribution in [1.29, 1.82) is 0 Å². The van der Waals surface area contributed by atoms with Crippen LogP contribution in [0.1, 0.15) is 45.9 Å². The molecule has 2 aromatic heterocycles. The van der Waals surface area contributed by atoms with Crippen LogP contribution in [0, 0.1) is 5.92 Å². The average Bonchev–Trinajstić information content (AvgIpc) is 3.34. The van der Waals surface area contributed by atoms with E-state index in [9.17, 15) is 9.59 Å². The van der Waals surface area contributed by atoms with Crippen molar-refractivity contribution in [3.05, 3.63) is 65.6 Å². The van der Waals surface area contributed by atoms with Gasteiger partial charge in [-0.2, -0.15) is 0 Å². The predicted octanol–water partition coefficient (Wildman–Crippen LogP) is 3.89. The highest BCUT2D eigenvalue weighted by Crippen LogP contribution is 2.26. The second kappa shape index (κ2) is 8.96. The first-order chi connectivity index (χ1) is 17.1. The Kier molecular flexibility index (Phi) is 5.65. The van der Waals surface area contributed by atoms with Crippen molar-refractivity contribution in [1.82, 2.24) is 24.3 Å². The molecule has 4 heterocycles. The van der Waals surface area contributed by atoms with Gasteiger partial charge < -0.3 is 19.4 Å². The smallest absolute Gasteiger partial charge is 0.267 e. The fourth-order valence-electron chi connectivity index (χ4n) is 5.60. The molecule has 0 radical (unpaired) electrons. The summed E-state index contributed by atoms with van der Waals surface area (Å²) in [4.78, 5) is 33.2. The molecule has 7 nitrogen and oxygen atoms in total. The standard InChI is InChI=1S/C28H31N5O2/c1-31-13-9-19(10-14-31)18-33-23-6-3-2-5-22(23)30-27(33)17-26(34)21-8-7-20-15-25-28(35)29-11-4-12-32(25)24(20)16-21/h2-3,5-8,15-16,19H,4,9-14,17-18H2,1H3,(H,29,35). The Balaban J connectivity index is 1.31. The van der Waals surface area contributed by atoms with E-state index in [0.29, 0.717) is 23.7 Å². The molecule has 7 heteroatoms. The number of benzene rings is 2. The molecule has 1 fully saturated rings. The van der Waals surface area contributed by atoms with Gasteiger partial charge in [0, 0.05) is 36.1 Å². The van der Waals surface area contributed by atoms with E-state index in [1.54, 1.807) is 0 Å². The van der Waals surface area contributed by atoms with Crippen molar-refractivity contribution in [3.8, 4) is 0 Å². The number of aryl methyl sites for hydroxylation is 1. The number of likely N-dealkylation sites (tertiary alicyclic amines) is 1. The van der Waals surface area contributed by atoms with Crippen LogP contribution in [0.2, 0.25) is 0 Å². The Labute approximate surface area is 204 Å². The van der Waals surface area contributed by atoms with Crippen LogP contribution in [0.25, 0.3) is 21.9 Å². The minimum atomic E-state index is -0.0470. The maximum absolute atomic E-state index is 13.5. The number of amides is 1. The number of rotatable bonds is 5. The molecule has 0 atom stereocenters. The summed E-state index contributed by atoms with van der Waals surface area (Å²) in [7, 11) is 2.18. The molecular formula is C28H31N5O2. The zero-order valence-corrected chi connectivity index (χ0v) is 20.2. The van der Waals surface area contributed by atoms with Gasteiger partial charge in [-0.1, -0.05) is 24.3 Å². The summed E-state index contributed by atoms with van der Waals surface area (Å²) in [5, 5.41) is 3.94. The third kappa shape index (κ3) is 4.14. The summed E-state index contributed by atoms with van der Waals surface area (Å²) < 4.78 is 4.32. The summed E-state index contributed by atoms with van der Waals surface area (Å²) >= 11 is 0. The Morgan fingerprint density at radius 1 is 1.06 bits per heavy atom. The van der Waals surface area contributed by atoms with Crippen LogP contribution in [0.15, 0.2) is 48.5 Å². The van der Waals surface area contributed by atoms with Crippen LogP contribution in [0.4, 0.5) is 0 Å². The molecule has 1 amide bonds. The van der Waals surface area contributed by atoms with E-state index < -0.39 is 0 Å². The highest BCUT2D eigenvalue weighted by atomic mass is 16.2. The zero-order chi connectivity index (χ0) is 23.9. The highest BCUT2D eigenvalue weighted by Gasteiger charge is 2.23. The third-order valence-corrected chi connectivity index (χ3v) is 7.63. The number of ketones is 1. The van der Waals surface area contributed by atoms with Crippen molar-refractivity contribution in [2.45, 2.75) is 38.8 Å². The summed E-state index contributed by atoms with van der Waals surface area (Å²) in [6.07, 6.45) is 3.47. The molecule has 0 saturated carbocycles. The number of piperidine rings is 1. The van der Waals surface area contributed by atoms with Gasteiger partial charge in [0.1, 0.15) is 11.5 Å². The molecule has 0 spiro atoms. The van der Waals surface area contributed by atoms with Crippen molar-refractivity contribution in [3.63, 3.8) is 0 Å². The summed E-state index contributed by atoms with van der Waals surface area (Å²) in [5.74, 6) is 1.44. The van der Waals surface area contributed by atoms with Crippen LogP contribution in [-0.4, -0.2) is 57.4 Å². The quantitative estimate of drug-likeness (QED) is 0.450. The fraction of sp³-hybridized carbons (Fsp3) is 0.393. The monoisotopic (exact) mass is 469 g/mol. The van der Waals surface area contributed by atoms with Crippen molar-refractivity contribution >= 4 is 33.6 Å². The average molecular weight is 470 g/mol. The second-order valence-electron chi connectivity index (χ2n) is 10.0. The second-order valence-corrected chi connectivity index (χ2v) is 10.0. The Bertz CT molecular complexity index is 1420. The molecule has 0 bridgehead atoms. The summed E-state index contributed by atoms with van der Waals surface area (Å²) in [6, 6.07) is 15.9. The van der Waals surface area contributed by atoms with Crippen molar-refractivity contribution in [2.75, 3.05) is 26.7 Å². The molecule has 2 aromatic carbocycles. The minimum Gasteiger partial charge on any atom is -0.351 e. The number of hydrogen-bond acceptors (Lipinski definition) is 4. The molecule has 2 aliphatic rings. The molecular weight excluding hydrogens is 438 g/mol. The number of fused-ring (bicyclic) bond motifs is 4. The fourth-order valence-corrected chi connectivity index (χ4v) is 5.60. The van der Waals surface area contributed by atoms with Crippen LogP contribution >= 0.6 is 0 Å². The van der Waals surface area contributed by atoms with Crippen LogP contribution in [-0.2, 0) is 19.5 Å².